The summed E-state index contributed by atoms with van der Waals surface area (Å²) in [5, 5.41) is 11.1. The normalized spacial score (nSPS) is 14.7. The fourth-order valence-electron chi connectivity index (χ4n) is 4.27. The molecule has 0 bridgehead atoms. The fraction of sp³-hybridized carbons (Fsp3) is 0.111. The quantitative estimate of drug-likeness (QED) is 0.285. The van der Waals surface area contributed by atoms with Gasteiger partial charge in [-0.15, -0.1) is 0 Å². The first-order chi connectivity index (χ1) is 16.9. The van der Waals surface area contributed by atoms with Gasteiger partial charge in [-0.3, -0.25) is 0 Å². The van der Waals surface area contributed by atoms with Crippen LogP contribution in [-0.4, -0.2) is 13.1 Å². The minimum Gasteiger partial charge on any atom is -0.496 e. The minimum atomic E-state index is -0.659. The predicted molar refractivity (Wildman–Crippen MR) is 130 cm³/mol. The third kappa shape index (κ3) is 3.84. The van der Waals surface area contributed by atoms with E-state index in [1.165, 1.54) is 0 Å². The molecule has 1 aliphatic rings. The summed E-state index contributed by atoms with van der Waals surface area (Å²) in [6.45, 7) is 1.77. The van der Waals surface area contributed by atoms with Gasteiger partial charge in [0.15, 0.2) is 0 Å². The Labute approximate surface area is 205 Å². The summed E-state index contributed by atoms with van der Waals surface area (Å²) in [6.07, 6.45) is 0. The van der Waals surface area contributed by atoms with Crippen molar-refractivity contribution in [3.8, 4) is 23.3 Å². The molecule has 0 aliphatic carbocycles. The summed E-state index contributed by atoms with van der Waals surface area (Å²) in [7, 11) is 1.56. The van der Waals surface area contributed by atoms with E-state index in [1.807, 2.05) is 24.3 Å². The molecule has 0 radical (unpaired) electrons. The van der Waals surface area contributed by atoms with Crippen LogP contribution in [-0.2, 0) is 0 Å². The van der Waals surface area contributed by atoms with Crippen molar-refractivity contribution < 1.29 is 23.4 Å². The van der Waals surface area contributed by atoms with Gasteiger partial charge in [0.1, 0.15) is 34.5 Å². The number of halogens is 1. The number of benzene rings is 3. The Hall–Kier alpha value is -4.41. The molecular weight excluding hydrogens is 468 g/mol. The van der Waals surface area contributed by atoms with E-state index in [9.17, 15) is 10.1 Å². The molecule has 8 heteroatoms. The summed E-state index contributed by atoms with van der Waals surface area (Å²) < 4.78 is 22.5. The number of hydrogen-bond acceptors (Lipinski definition) is 7. The summed E-state index contributed by atoms with van der Waals surface area (Å²) in [5.74, 6) is 0.111. The number of carbonyl (C=O) groups excluding carboxylic acids is 1. The molecule has 1 atom stereocenters. The van der Waals surface area contributed by atoms with Gasteiger partial charge in [0, 0.05) is 33.2 Å². The second-order valence-electron chi connectivity index (χ2n) is 7.95. The SMILES string of the molecule is COc1ccccc1C1C(C#N)=C(N)Oc2cc(OC(=O)c3oc4ccc(Cl)cc4c3C)ccc21. The Morgan fingerprint density at radius 2 is 1.91 bits per heavy atom. The van der Waals surface area contributed by atoms with Gasteiger partial charge >= 0.3 is 5.97 Å². The third-order valence-corrected chi connectivity index (χ3v) is 6.17. The molecule has 2 N–H and O–H groups in total. The van der Waals surface area contributed by atoms with Gasteiger partial charge in [0.05, 0.1) is 13.0 Å². The van der Waals surface area contributed by atoms with Crippen molar-refractivity contribution in [1.29, 1.82) is 5.26 Å². The molecule has 0 saturated carbocycles. The van der Waals surface area contributed by atoms with Gasteiger partial charge in [-0.1, -0.05) is 35.9 Å². The lowest BCUT2D eigenvalue weighted by molar-refractivity contribution is 0.0702. The average Bonchev–Trinajstić information content (AvgIpc) is 3.18. The Bertz CT molecular complexity index is 1560. The number of para-hydroxylation sites is 1. The first-order valence-corrected chi connectivity index (χ1v) is 11.0. The minimum absolute atomic E-state index is 0.0237. The molecule has 0 amide bonds. The van der Waals surface area contributed by atoms with Gasteiger partial charge in [-0.2, -0.15) is 5.26 Å². The lowest BCUT2D eigenvalue weighted by atomic mass is 9.83. The number of ether oxygens (including phenoxy) is 3. The number of aryl methyl sites for hydroxylation is 1. The van der Waals surface area contributed by atoms with Crippen LogP contribution in [0.2, 0.25) is 5.02 Å². The van der Waals surface area contributed by atoms with Crippen LogP contribution in [0.1, 0.15) is 33.2 Å². The summed E-state index contributed by atoms with van der Waals surface area (Å²) in [6, 6.07) is 19.6. The number of nitrogens with zero attached hydrogens (tertiary/aromatic N) is 1. The number of nitriles is 1. The summed E-state index contributed by atoms with van der Waals surface area (Å²) in [4.78, 5) is 12.9. The van der Waals surface area contributed by atoms with Gasteiger partial charge in [0.2, 0.25) is 11.6 Å². The van der Waals surface area contributed by atoms with Crippen LogP contribution < -0.4 is 19.9 Å². The third-order valence-electron chi connectivity index (χ3n) is 5.93. The standard InChI is InChI=1S/C27H19ClN2O5/c1-14-19-11-15(28)7-10-22(19)34-25(14)27(31)33-16-8-9-18-23(12-16)35-26(30)20(13-29)24(18)17-5-3-4-6-21(17)32-2/h3-12,24H,30H2,1-2H3. The number of furan rings is 1. The summed E-state index contributed by atoms with van der Waals surface area (Å²) >= 11 is 6.07. The highest BCUT2D eigenvalue weighted by Crippen LogP contribution is 2.45. The molecule has 0 spiro atoms. The van der Waals surface area contributed by atoms with Gasteiger partial charge < -0.3 is 24.4 Å². The number of carbonyl (C=O) groups is 1. The molecule has 35 heavy (non-hydrogen) atoms. The van der Waals surface area contributed by atoms with Crippen molar-refractivity contribution in [3.05, 3.63) is 99.6 Å². The van der Waals surface area contributed by atoms with E-state index in [-0.39, 0.29) is 23.0 Å². The molecule has 3 aromatic carbocycles. The topological polar surface area (TPSA) is 108 Å². The first-order valence-electron chi connectivity index (χ1n) is 10.7. The van der Waals surface area contributed by atoms with Gasteiger partial charge in [-0.05, 0) is 37.3 Å². The number of fused-ring (bicyclic) bond motifs is 2. The Balaban J connectivity index is 1.51. The molecule has 2 heterocycles. The number of nitrogens with two attached hydrogens (primary N) is 1. The number of allylic oxidation sites excluding steroid dienone is 1. The zero-order valence-corrected chi connectivity index (χ0v) is 19.6. The van der Waals surface area contributed by atoms with Crippen LogP contribution in [0.3, 0.4) is 0 Å². The van der Waals surface area contributed by atoms with E-state index in [1.54, 1.807) is 50.4 Å². The van der Waals surface area contributed by atoms with E-state index in [0.29, 0.717) is 33.2 Å². The highest BCUT2D eigenvalue weighted by molar-refractivity contribution is 6.31. The Morgan fingerprint density at radius 3 is 2.69 bits per heavy atom. The monoisotopic (exact) mass is 486 g/mol. The van der Waals surface area contributed by atoms with Crippen molar-refractivity contribution in [2.75, 3.05) is 7.11 Å². The lowest BCUT2D eigenvalue weighted by Gasteiger charge is -2.27. The molecule has 0 saturated heterocycles. The van der Waals surface area contributed by atoms with Crippen molar-refractivity contribution in [2.24, 2.45) is 5.73 Å². The van der Waals surface area contributed by atoms with Crippen LogP contribution in [0.15, 0.2) is 76.5 Å². The second kappa shape index (κ2) is 8.75. The number of rotatable bonds is 4. The molecule has 1 unspecified atom stereocenters. The van der Waals surface area contributed by atoms with Crippen molar-refractivity contribution in [2.45, 2.75) is 12.8 Å². The van der Waals surface area contributed by atoms with Crippen LogP contribution in [0.25, 0.3) is 11.0 Å². The highest BCUT2D eigenvalue weighted by atomic mass is 35.5. The smallest absolute Gasteiger partial charge is 0.379 e. The number of esters is 1. The molecule has 174 valence electrons. The molecule has 1 aromatic heterocycles. The number of methoxy groups -OCH3 is 1. The Morgan fingerprint density at radius 1 is 1.11 bits per heavy atom. The molecular formula is C27H19ClN2O5. The van der Waals surface area contributed by atoms with Crippen LogP contribution in [0, 0.1) is 18.3 Å². The zero-order valence-electron chi connectivity index (χ0n) is 18.8. The van der Waals surface area contributed by atoms with Gasteiger partial charge in [-0.25, -0.2) is 4.79 Å². The van der Waals surface area contributed by atoms with Gasteiger partial charge in [0.25, 0.3) is 0 Å². The van der Waals surface area contributed by atoms with E-state index in [0.717, 1.165) is 10.9 Å². The van der Waals surface area contributed by atoms with Crippen molar-refractivity contribution in [3.63, 3.8) is 0 Å². The predicted octanol–water partition coefficient (Wildman–Crippen LogP) is 5.84. The van der Waals surface area contributed by atoms with E-state index >= 15 is 0 Å². The maximum absolute atomic E-state index is 12.9. The Kier molecular flexibility index (Phi) is 5.59. The molecule has 1 aliphatic heterocycles. The molecule has 7 nitrogen and oxygen atoms in total. The largest absolute Gasteiger partial charge is 0.496 e. The zero-order chi connectivity index (χ0) is 24.7. The van der Waals surface area contributed by atoms with E-state index in [4.69, 9.17) is 36.0 Å². The molecule has 4 aromatic rings. The molecule has 0 fully saturated rings. The van der Waals surface area contributed by atoms with Crippen LogP contribution in [0.5, 0.6) is 17.2 Å². The van der Waals surface area contributed by atoms with E-state index in [2.05, 4.69) is 6.07 Å². The lowest BCUT2D eigenvalue weighted by Crippen LogP contribution is -2.21. The maximum atomic E-state index is 12.9. The van der Waals surface area contributed by atoms with E-state index < -0.39 is 11.9 Å². The van der Waals surface area contributed by atoms with Crippen molar-refractivity contribution in [1.82, 2.24) is 0 Å². The fourth-order valence-corrected chi connectivity index (χ4v) is 4.44. The summed E-state index contributed by atoms with van der Waals surface area (Å²) in [5.41, 5.74) is 8.99. The number of hydrogen-bond donors (Lipinski definition) is 1. The average molecular weight is 487 g/mol. The highest BCUT2D eigenvalue weighted by Gasteiger charge is 2.33. The van der Waals surface area contributed by atoms with Crippen LogP contribution >= 0.6 is 11.6 Å². The molecule has 5 rings (SSSR count). The second-order valence-corrected chi connectivity index (χ2v) is 8.39. The van der Waals surface area contributed by atoms with Crippen molar-refractivity contribution >= 4 is 28.5 Å². The van der Waals surface area contributed by atoms with Crippen LogP contribution in [0.4, 0.5) is 0 Å². The first kappa shape index (κ1) is 22.4. The maximum Gasteiger partial charge on any atom is 0.379 e.